The van der Waals surface area contributed by atoms with Crippen molar-refractivity contribution in [2.75, 3.05) is 26.2 Å². The first-order chi connectivity index (χ1) is 11.9. The zero-order chi connectivity index (χ0) is 18.4. The van der Waals surface area contributed by atoms with Crippen LogP contribution in [0.15, 0.2) is 24.3 Å². The molecule has 1 aromatic rings. The summed E-state index contributed by atoms with van der Waals surface area (Å²) in [6, 6.07) is 7.77. The largest absolute Gasteiger partial charge is 0.481 e. The van der Waals surface area contributed by atoms with Crippen molar-refractivity contribution < 1.29 is 14.3 Å². The third-order valence-corrected chi connectivity index (χ3v) is 4.53. The lowest BCUT2D eigenvalue weighted by Crippen LogP contribution is -2.44. The Balaban J connectivity index is 1.99. The topological polar surface area (TPSA) is 49.9 Å². The monoisotopic (exact) mass is 346 g/mol. The number of benzene rings is 1. The molecule has 1 aliphatic rings. The second-order valence-corrected chi connectivity index (χ2v) is 6.99. The Kier molecular flexibility index (Phi) is 6.85. The van der Waals surface area contributed by atoms with Gasteiger partial charge in [-0.2, -0.15) is 0 Å². The summed E-state index contributed by atoms with van der Waals surface area (Å²) in [4.78, 5) is 28.8. The molecule has 138 valence electrons. The molecule has 1 heterocycles. The van der Waals surface area contributed by atoms with E-state index in [-0.39, 0.29) is 17.7 Å². The second kappa shape index (κ2) is 8.88. The average Bonchev–Trinajstić information content (AvgIpc) is 2.84. The van der Waals surface area contributed by atoms with Gasteiger partial charge in [0.2, 0.25) is 5.91 Å². The SMILES string of the molecule is CC[C@H](Oc1cccc(C)c1)C(=O)N1CCCN(C(=O)C(C)C)CC1. The Bertz CT molecular complexity index is 600. The standard InChI is InChI=1S/C20H30N2O3/c1-5-18(25-17-9-6-8-16(4)14-17)20(24)22-11-7-10-21(12-13-22)19(23)15(2)3/h6,8-9,14-15,18H,5,7,10-13H2,1-4H3/t18-/m0/s1. The summed E-state index contributed by atoms with van der Waals surface area (Å²) in [6.45, 7) is 10.4. The van der Waals surface area contributed by atoms with Gasteiger partial charge in [0.15, 0.2) is 6.10 Å². The average molecular weight is 346 g/mol. The number of hydrogen-bond acceptors (Lipinski definition) is 3. The molecule has 25 heavy (non-hydrogen) atoms. The molecule has 1 atom stereocenters. The highest BCUT2D eigenvalue weighted by atomic mass is 16.5. The lowest BCUT2D eigenvalue weighted by atomic mass is 10.2. The van der Waals surface area contributed by atoms with Gasteiger partial charge >= 0.3 is 0 Å². The highest BCUT2D eigenvalue weighted by molar-refractivity contribution is 5.82. The minimum Gasteiger partial charge on any atom is -0.481 e. The molecule has 0 bridgehead atoms. The molecule has 5 nitrogen and oxygen atoms in total. The quantitative estimate of drug-likeness (QED) is 0.824. The molecule has 0 unspecified atom stereocenters. The van der Waals surface area contributed by atoms with Crippen LogP contribution in [0.3, 0.4) is 0 Å². The maximum absolute atomic E-state index is 12.9. The summed E-state index contributed by atoms with van der Waals surface area (Å²) in [5.74, 6) is 0.905. The fourth-order valence-electron chi connectivity index (χ4n) is 3.09. The number of ether oxygens (including phenoxy) is 1. The predicted octanol–water partition coefficient (Wildman–Crippen LogP) is 2.87. The zero-order valence-corrected chi connectivity index (χ0v) is 15.8. The molecule has 0 spiro atoms. The molecule has 0 saturated carbocycles. The van der Waals surface area contributed by atoms with Crippen molar-refractivity contribution in [1.29, 1.82) is 0 Å². The van der Waals surface area contributed by atoms with Crippen molar-refractivity contribution in [3.8, 4) is 5.75 Å². The normalized spacial score (nSPS) is 16.5. The summed E-state index contributed by atoms with van der Waals surface area (Å²) < 4.78 is 5.94. The molecule has 1 fully saturated rings. The summed E-state index contributed by atoms with van der Waals surface area (Å²) in [5, 5.41) is 0. The molecule has 0 aromatic heterocycles. The van der Waals surface area contributed by atoms with E-state index in [2.05, 4.69) is 0 Å². The van der Waals surface area contributed by atoms with Crippen LogP contribution in [-0.2, 0) is 9.59 Å². The number of amides is 2. The van der Waals surface area contributed by atoms with E-state index in [0.717, 1.165) is 24.3 Å². The fourth-order valence-corrected chi connectivity index (χ4v) is 3.09. The molecule has 0 radical (unpaired) electrons. The molecular formula is C20H30N2O3. The Morgan fingerprint density at radius 1 is 1.08 bits per heavy atom. The van der Waals surface area contributed by atoms with Crippen molar-refractivity contribution in [3.05, 3.63) is 29.8 Å². The smallest absolute Gasteiger partial charge is 0.263 e. The first-order valence-corrected chi connectivity index (χ1v) is 9.23. The molecule has 5 heteroatoms. The number of carbonyl (C=O) groups is 2. The molecule has 0 aliphatic carbocycles. The first kappa shape index (κ1) is 19.3. The Labute approximate surface area is 150 Å². The van der Waals surface area contributed by atoms with Crippen molar-refractivity contribution in [1.82, 2.24) is 9.80 Å². The van der Waals surface area contributed by atoms with Crippen LogP contribution < -0.4 is 4.74 Å². The van der Waals surface area contributed by atoms with E-state index >= 15 is 0 Å². The molecule has 1 aliphatic heterocycles. The maximum Gasteiger partial charge on any atom is 0.263 e. The van der Waals surface area contributed by atoms with Gasteiger partial charge in [0.25, 0.3) is 5.91 Å². The molecule has 1 aromatic carbocycles. The van der Waals surface area contributed by atoms with Crippen LogP contribution in [-0.4, -0.2) is 53.9 Å². The lowest BCUT2D eigenvalue weighted by Gasteiger charge is -2.26. The fraction of sp³-hybridized carbons (Fsp3) is 0.600. The molecular weight excluding hydrogens is 316 g/mol. The second-order valence-electron chi connectivity index (χ2n) is 6.99. The van der Waals surface area contributed by atoms with Gasteiger partial charge in [-0.1, -0.05) is 32.9 Å². The highest BCUT2D eigenvalue weighted by Gasteiger charge is 2.28. The maximum atomic E-state index is 12.9. The molecule has 0 N–H and O–H groups in total. The Morgan fingerprint density at radius 2 is 1.72 bits per heavy atom. The van der Waals surface area contributed by atoms with Crippen molar-refractivity contribution in [2.24, 2.45) is 5.92 Å². The minimum absolute atomic E-state index is 0.00436. The van der Waals surface area contributed by atoms with Gasteiger partial charge in [-0.3, -0.25) is 9.59 Å². The van der Waals surface area contributed by atoms with E-state index in [4.69, 9.17) is 4.74 Å². The predicted molar refractivity (Wildman–Crippen MR) is 98.5 cm³/mol. The van der Waals surface area contributed by atoms with Crippen LogP contribution in [0.4, 0.5) is 0 Å². The van der Waals surface area contributed by atoms with Gasteiger partial charge in [-0.05, 0) is 37.5 Å². The van der Waals surface area contributed by atoms with Crippen LogP contribution in [0, 0.1) is 12.8 Å². The van der Waals surface area contributed by atoms with Crippen LogP contribution in [0.25, 0.3) is 0 Å². The Morgan fingerprint density at radius 3 is 2.28 bits per heavy atom. The van der Waals surface area contributed by atoms with E-state index in [1.807, 2.05) is 61.8 Å². The van der Waals surface area contributed by atoms with Crippen molar-refractivity contribution in [2.45, 2.75) is 46.6 Å². The summed E-state index contributed by atoms with van der Waals surface area (Å²) in [6.07, 6.45) is 0.956. The molecule has 2 amide bonds. The number of hydrogen-bond donors (Lipinski definition) is 0. The molecule has 2 rings (SSSR count). The van der Waals surface area contributed by atoms with Gasteiger partial charge in [0, 0.05) is 32.1 Å². The van der Waals surface area contributed by atoms with Gasteiger partial charge in [-0.25, -0.2) is 0 Å². The lowest BCUT2D eigenvalue weighted by molar-refractivity contribution is -0.139. The van der Waals surface area contributed by atoms with E-state index in [9.17, 15) is 9.59 Å². The van der Waals surface area contributed by atoms with E-state index in [1.54, 1.807) is 0 Å². The van der Waals surface area contributed by atoms with E-state index in [1.165, 1.54) is 0 Å². The van der Waals surface area contributed by atoms with Gasteiger partial charge in [-0.15, -0.1) is 0 Å². The highest BCUT2D eigenvalue weighted by Crippen LogP contribution is 2.17. The van der Waals surface area contributed by atoms with E-state index in [0.29, 0.717) is 26.1 Å². The number of aryl methyl sites for hydroxylation is 1. The number of rotatable bonds is 5. The van der Waals surface area contributed by atoms with Crippen LogP contribution in [0.2, 0.25) is 0 Å². The van der Waals surface area contributed by atoms with E-state index < -0.39 is 6.10 Å². The first-order valence-electron chi connectivity index (χ1n) is 9.23. The Hall–Kier alpha value is -2.04. The van der Waals surface area contributed by atoms with Crippen molar-refractivity contribution >= 4 is 11.8 Å². The summed E-state index contributed by atoms with van der Waals surface area (Å²) >= 11 is 0. The third-order valence-electron chi connectivity index (χ3n) is 4.53. The van der Waals surface area contributed by atoms with Crippen molar-refractivity contribution in [3.63, 3.8) is 0 Å². The van der Waals surface area contributed by atoms with Crippen LogP contribution >= 0.6 is 0 Å². The third kappa shape index (κ3) is 5.21. The number of carbonyl (C=O) groups excluding carboxylic acids is 2. The van der Waals surface area contributed by atoms with Crippen LogP contribution in [0.1, 0.15) is 39.2 Å². The summed E-state index contributed by atoms with van der Waals surface area (Å²) in [5.41, 5.74) is 1.11. The van der Waals surface area contributed by atoms with Gasteiger partial charge < -0.3 is 14.5 Å². The number of nitrogens with zero attached hydrogens (tertiary/aromatic N) is 2. The zero-order valence-electron chi connectivity index (χ0n) is 15.8. The van der Waals surface area contributed by atoms with Gasteiger partial charge in [0.1, 0.15) is 5.75 Å². The molecule has 1 saturated heterocycles. The van der Waals surface area contributed by atoms with Gasteiger partial charge in [0.05, 0.1) is 0 Å². The van der Waals surface area contributed by atoms with Crippen LogP contribution in [0.5, 0.6) is 5.75 Å². The minimum atomic E-state index is -0.478. The summed E-state index contributed by atoms with van der Waals surface area (Å²) in [7, 11) is 0.